The van der Waals surface area contributed by atoms with Gasteiger partial charge in [0.2, 0.25) is 5.91 Å². The first-order valence-electron chi connectivity index (χ1n) is 5.67. The number of hydrogen-bond donors (Lipinski definition) is 2. The Bertz CT molecular complexity index is 348. The number of nitrogens with two attached hydrogens (primary N) is 1. The number of amides is 1. The number of nitrogens with one attached hydrogen (secondary N) is 1. The Balaban J connectivity index is 0.00000144. The third-order valence-corrected chi connectivity index (χ3v) is 3.80. The zero-order valence-electron chi connectivity index (χ0n) is 10.0. The summed E-state index contributed by atoms with van der Waals surface area (Å²) in [5.41, 5.74) is 5.78. The summed E-state index contributed by atoms with van der Waals surface area (Å²) in [6, 6.07) is 0.217. The molecule has 7 heteroatoms. The highest BCUT2D eigenvalue weighted by atomic mass is 35.5. The summed E-state index contributed by atoms with van der Waals surface area (Å²) in [4.78, 5) is 15.9. The molecule has 2 unspecified atom stereocenters. The summed E-state index contributed by atoms with van der Waals surface area (Å²) in [6.07, 6.45) is 5.36. The number of halogens is 2. The second kappa shape index (κ2) is 8.69. The number of hydrogen-bond acceptors (Lipinski definition) is 4. The molecule has 4 nitrogen and oxygen atoms in total. The van der Waals surface area contributed by atoms with Crippen LogP contribution < -0.4 is 11.1 Å². The molecule has 0 aliphatic heterocycles. The van der Waals surface area contributed by atoms with Crippen LogP contribution in [-0.2, 0) is 11.2 Å². The standard InChI is InChI=1S/C11H17N3OS.2ClH/c12-9-2-1-8(7-9)11(15)14-4-3-10-13-5-6-16-10;;/h5-6,8-9H,1-4,7,12H2,(H,14,15);2*1H. The van der Waals surface area contributed by atoms with Gasteiger partial charge in [-0.15, -0.1) is 36.2 Å². The van der Waals surface area contributed by atoms with Gasteiger partial charge in [0.25, 0.3) is 0 Å². The van der Waals surface area contributed by atoms with Crippen LogP contribution in [0.4, 0.5) is 0 Å². The smallest absolute Gasteiger partial charge is 0.223 e. The number of rotatable bonds is 4. The minimum absolute atomic E-state index is 0. The molecule has 0 saturated heterocycles. The van der Waals surface area contributed by atoms with Crippen LogP contribution in [0.2, 0.25) is 0 Å². The first-order chi connectivity index (χ1) is 7.75. The summed E-state index contributed by atoms with van der Waals surface area (Å²) in [5, 5.41) is 5.98. The van der Waals surface area contributed by atoms with Gasteiger partial charge in [0.15, 0.2) is 0 Å². The Morgan fingerprint density at radius 2 is 2.28 bits per heavy atom. The molecule has 3 N–H and O–H groups in total. The number of carbonyl (C=O) groups is 1. The van der Waals surface area contributed by atoms with Crippen LogP contribution in [0.3, 0.4) is 0 Å². The lowest BCUT2D eigenvalue weighted by atomic mass is 10.1. The maximum atomic E-state index is 11.7. The lowest BCUT2D eigenvalue weighted by Gasteiger charge is -2.09. The van der Waals surface area contributed by atoms with Crippen LogP contribution >= 0.6 is 36.2 Å². The highest BCUT2D eigenvalue weighted by Gasteiger charge is 2.27. The fourth-order valence-corrected chi connectivity index (χ4v) is 2.69. The average Bonchev–Trinajstić information content (AvgIpc) is 2.89. The lowest BCUT2D eigenvalue weighted by Crippen LogP contribution is -2.31. The van der Waals surface area contributed by atoms with Crippen LogP contribution in [0, 0.1) is 5.92 Å². The van der Waals surface area contributed by atoms with Crippen LogP contribution in [0.25, 0.3) is 0 Å². The minimum atomic E-state index is 0. The Morgan fingerprint density at radius 3 is 2.83 bits per heavy atom. The Labute approximate surface area is 124 Å². The Hall–Kier alpha value is -0.360. The van der Waals surface area contributed by atoms with Gasteiger partial charge in [-0.1, -0.05) is 0 Å². The van der Waals surface area contributed by atoms with Gasteiger partial charge in [-0.3, -0.25) is 4.79 Å². The SMILES string of the molecule is Cl.Cl.NC1CCC(C(=O)NCCc2nccs2)C1. The molecule has 1 aromatic heterocycles. The topological polar surface area (TPSA) is 68.0 Å². The molecule has 1 saturated carbocycles. The van der Waals surface area contributed by atoms with Gasteiger partial charge in [0.1, 0.15) is 0 Å². The van der Waals surface area contributed by atoms with Crippen molar-refractivity contribution >= 4 is 42.1 Å². The maximum absolute atomic E-state index is 11.7. The molecule has 1 fully saturated rings. The summed E-state index contributed by atoms with van der Waals surface area (Å²) >= 11 is 1.62. The van der Waals surface area contributed by atoms with E-state index in [-0.39, 0.29) is 42.7 Å². The molecule has 1 amide bonds. The molecule has 0 radical (unpaired) electrons. The molecule has 1 aliphatic carbocycles. The van der Waals surface area contributed by atoms with Gasteiger partial charge in [-0.2, -0.15) is 0 Å². The van der Waals surface area contributed by atoms with Crippen molar-refractivity contribution < 1.29 is 4.79 Å². The number of carbonyl (C=O) groups excluding carboxylic acids is 1. The van der Waals surface area contributed by atoms with Crippen molar-refractivity contribution in [2.45, 2.75) is 31.7 Å². The largest absolute Gasteiger partial charge is 0.355 e. The van der Waals surface area contributed by atoms with E-state index in [1.54, 1.807) is 17.5 Å². The van der Waals surface area contributed by atoms with Crippen molar-refractivity contribution in [3.8, 4) is 0 Å². The monoisotopic (exact) mass is 311 g/mol. The Morgan fingerprint density at radius 1 is 1.50 bits per heavy atom. The fraction of sp³-hybridized carbons (Fsp3) is 0.636. The molecule has 2 atom stereocenters. The van der Waals surface area contributed by atoms with Crippen molar-refractivity contribution in [3.63, 3.8) is 0 Å². The molecule has 1 aromatic rings. The first-order valence-corrected chi connectivity index (χ1v) is 6.55. The van der Waals surface area contributed by atoms with Crippen molar-refractivity contribution in [3.05, 3.63) is 16.6 Å². The molecule has 0 spiro atoms. The molecule has 0 aromatic carbocycles. The quantitative estimate of drug-likeness (QED) is 0.890. The van der Waals surface area contributed by atoms with Crippen LogP contribution in [-0.4, -0.2) is 23.5 Å². The number of thiazole rings is 1. The summed E-state index contributed by atoms with van der Waals surface area (Å²) < 4.78 is 0. The summed E-state index contributed by atoms with van der Waals surface area (Å²) in [6.45, 7) is 0.679. The zero-order valence-corrected chi connectivity index (χ0v) is 12.5. The number of nitrogens with zero attached hydrogens (tertiary/aromatic N) is 1. The number of aromatic nitrogens is 1. The van der Waals surface area contributed by atoms with Crippen LogP contribution in [0.15, 0.2) is 11.6 Å². The second-order valence-electron chi connectivity index (χ2n) is 4.24. The van der Waals surface area contributed by atoms with E-state index in [1.807, 2.05) is 5.38 Å². The van der Waals surface area contributed by atoms with Gasteiger partial charge in [0.05, 0.1) is 5.01 Å². The lowest BCUT2D eigenvalue weighted by molar-refractivity contribution is -0.124. The average molecular weight is 312 g/mol. The second-order valence-corrected chi connectivity index (χ2v) is 5.22. The highest BCUT2D eigenvalue weighted by Crippen LogP contribution is 2.23. The summed E-state index contributed by atoms with van der Waals surface area (Å²) in [5.74, 6) is 0.288. The highest BCUT2D eigenvalue weighted by molar-refractivity contribution is 7.09. The summed E-state index contributed by atoms with van der Waals surface area (Å²) in [7, 11) is 0. The van der Waals surface area contributed by atoms with E-state index in [2.05, 4.69) is 10.3 Å². The predicted octanol–water partition coefficient (Wildman–Crippen LogP) is 1.77. The van der Waals surface area contributed by atoms with Gasteiger partial charge >= 0.3 is 0 Å². The van der Waals surface area contributed by atoms with Crippen molar-refractivity contribution in [2.24, 2.45) is 11.7 Å². The molecule has 0 bridgehead atoms. The van der Waals surface area contributed by atoms with E-state index in [4.69, 9.17) is 5.73 Å². The van der Waals surface area contributed by atoms with Gasteiger partial charge < -0.3 is 11.1 Å². The van der Waals surface area contributed by atoms with Crippen molar-refractivity contribution in [1.82, 2.24) is 10.3 Å². The van der Waals surface area contributed by atoms with Crippen LogP contribution in [0.1, 0.15) is 24.3 Å². The molecule has 1 aliphatic rings. The molecule has 2 rings (SSSR count). The fourth-order valence-electron chi connectivity index (χ4n) is 2.07. The zero-order chi connectivity index (χ0) is 11.4. The van der Waals surface area contributed by atoms with E-state index in [9.17, 15) is 4.79 Å². The third kappa shape index (κ3) is 5.10. The van der Waals surface area contributed by atoms with Crippen molar-refractivity contribution in [2.75, 3.05) is 6.54 Å². The maximum Gasteiger partial charge on any atom is 0.223 e. The predicted molar refractivity (Wildman–Crippen MR) is 78.6 cm³/mol. The van der Waals surface area contributed by atoms with E-state index in [0.717, 1.165) is 30.7 Å². The minimum Gasteiger partial charge on any atom is -0.355 e. The molecule has 104 valence electrons. The van der Waals surface area contributed by atoms with E-state index < -0.39 is 0 Å². The van der Waals surface area contributed by atoms with Gasteiger partial charge in [-0.25, -0.2) is 4.98 Å². The molecule has 1 heterocycles. The van der Waals surface area contributed by atoms with Crippen molar-refractivity contribution in [1.29, 1.82) is 0 Å². The van der Waals surface area contributed by atoms with E-state index in [1.165, 1.54) is 0 Å². The van der Waals surface area contributed by atoms with E-state index in [0.29, 0.717) is 6.54 Å². The third-order valence-electron chi connectivity index (χ3n) is 2.97. The molecular weight excluding hydrogens is 293 g/mol. The van der Waals surface area contributed by atoms with Gasteiger partial charge in [0, 0.05) is 36.5 Å². The normalized spacial score (nSPS) is 21.8. The van der Waals surface area contributed by atoms with Gasteiger partial charge in [-0.05, 0) is 19.3 Å². The molecule has 18 heavy (non-hydrogen) atoms. The van der Waals surface area contributed by atoms with Crippen LogP contribution in [0.5, 0.6) is 0 Å². The molecular formula is C11H19Cl2N3OS. The van der Waals surface area contributed by atoms with E-state index >= 15 is 0 Å². The Kier molecular flexibility index (Phi) is 8.52. The first kappa shape index (κ1) is 17.6.